The molecule has 11 fully saturated rings. The Labute approximate surface area is 366 Å². The molecule has 0 amide bonds. The van der Waals surface area contributed by atoms with E-state index in [-0.39, 0.29) is 0 Å². The van der Waals surface area contributed by atoms with Crippen LogP contribution in [0.15, 0.2) is 0 Å². The first-order valence-electron chi connectivity index (χ1n) is 28.8. The molecule has 0 aliphatic heterocycles. The van der Waals surface area contributed by atoms with Crippen LogP contribution in [0.3, 0.4) is 0 Å². The summed E-state index contributed by atoms with van der Waals surface area (Å²) in [7, 11) is 0. The smallest absolute Gasteiger partial charge is 0.0104 e. The van der Waals surface area contributed by atoms with E-state index in [1.54, 1.807) is 154 Å². The molecule has 11 aliphatic rings. The van der Waals surface area contributed by atoms with E-state index in [0.29, 0.717) is 5.41 Å². The zero-order valence-electron chi connectivity index (χ0n) is 38.9. The van der Waals surface area contributed by atoms with Gasteiger partial charge in [0.25, 0.3) is 0 Å². The molecule has 12 unspecified atom stereocenters. The normalized spacial score (nSPS) is 46.1. The van der Waals surface area contributed by atoms with Crippen molar-refractivity contribution in [3.05, 3.63) is 0 Å². The van der Waals surface area contributed by atoms with Crippen LogP contribution in [-0.2, 0) is 0 Å². The van der Waals surface area contributed by atoms with Gasteiger partial charge in [-0.05, 0) is 174 Å². The van der Waals surface area contributed by atoms with Crippen molar-refractivity contribution < 1.29 is 0 Å². The van der Waals surface area contributed by atoms with Gasteiger partial charge in [0.15, 0.2) is 0 Å². The van der Waals surface area contributed by atoms with Crippen LogP contribution in [0.1, 0.15) is 257 Å². The standard InChI is InChI=1S/C57H96N2/c1-5-17-41(18-6-1)44-22-15-28-48(37-44)58(46-24-9-3-10-25-46)50-31-33-52-53-34-32-51(40-56(53)57(55(52)39-50)36-35-43-21-13-14-30-54(43)57)59(47-26-11-4-12-27-47)49-29-16-23-45(38-49)42-19-7-2-8-20-42/h41-56H,1-40H2. The molecule has 0 aromatic rings. The summed E-state index contributed by atoms with van der Waals surface area (Å²) in [4.78, 5) is 6.90. The Hall–Kier alpha value is -0.0800. The van der Waals surface area contributed by atoms with Crippen LogP contribution in [0.4, 0.5) is 0 Å². The minimum atomic E-state index is 0.711. The molecule has 0 bridgehead atoms. The predicted octanol–water partition coefficient (Wildman–Crippen LogP) is 15.7. The first-order valence-corrected chi connectivity index (χ1v) is 28.8. The summed E-state index contributed by atoms with van der Waals surface area (Å²) < 4.78 is 0. The lowest BCUT2D eigenvalue weighted by atomic mass is 9.56. The molecular weight excluding hydrogens is 713 g/mol. The van der Waals surface area contributed by atoms with E-state index in [4.69, 9.17) is 0 Å². The van der Waals surface area contributed by atoms with Gasteiger partial charge in [-0.3, -0.25) is 9.80 Å². The van der Waals surface area contributed by atoms with Crippen LogP contribution in [0, 0.1) is 64.6 Å². The highest BCUT2D eigenvalue weighted by molar-refractivity contribution is 5.17. The molecule has 11 saturated carbocycles. The highest BCUT2D eigenvalue weighted by Gasteiger charge is 2.67. The second kappa shape index (κ2) is 18.8. The van der Waals surface area contributed by atoms with Crippen molar-refractivity contribution in [2.45, 2.75) is 293 Å². The summed E-state index contributed by atoms with van der Waals surface area (Å²) in [5.74, 6) is 10.8. The molecule has 0 N–H and O–H groups in total. The molecule has 0 radical (unpaired) electrons. The monoisotopic (exact) mass is 809 g/mol. The molecular formula is C57H96N2. The minimum absolute atomic E-state index is 0.711. The largest absolute Gasteiger partial charge is 0.294 e. The molecule has 2 nitrogen and oxygen atoms in total. The fraction of sp³-hybridized carbons (Fsp3) is 1.00. The lowest BCUT2D eigenvalue weighted by molar-refractivity contribution is -0.0543. The molecule has 12 atom stereocenters. The minimum Gasteiger partial charge on any atom is -0.294 e. The summed E-state index contributed by atoms with van der Waals surface area (Å²) in [5, 5.41) is 0. The zero-order chi connectivity index (χ0) is 39.2. The van der Waals surface area contributed by atoms with E-state index in [1.165, 1.54) is 103 Å². The van der Waals surface area contributed by atoms with Gasteiger partial charge in [-0.2, -0.15) is 0 Å². The first kappa shape index (κ1) is 41.6. The molecule has 2 heteroatoms. The Morgan fingerprint density at radius 2 is 0.610 bits per heavy atom. The molecule has 0 aromatic heterocycles. The van der Waals surface area contributed by atoms with Gasteiger partial charge in [0.05, 0.1) is 0 Å². The van der Waals surface area contributed by atoms with Crippen molar-refractivity contribution in [1.29, 1.82) is 0 Å². The van der Waals surface area contributed by atoms with Crippen LogP contribution in [0.25, 0.3) is 0 Å². The zero-order valence-corrected chi connectivity index (χ0v) is 38.9. The van der Waals surface area contributed by atoms with Gasteiger partial charge in [0.1, 0.15) is 0 Å². The number of rotatable bonds is 8. The molecule has 1 spiro atoms. The molecule has 334 valence electrons. The Bertz CT molecular complexity index is 1230. The van der Waals surface area contributed by atoms with Gasteiger partial charge < -0.3 is 0 Å². The van der Waals surface area contributed by atoms with E-state index in [2.05, 4.69) is 9.80 Å². The maximum atomic E-state index is 3.45. The molecule has 11 rings (SSSR count). The van der Waals surface area contributed by atoms with Gasteiger partial charge in [-0.1, -0.05) is 148 Å². The lowest BCUT2D eigenvalue weighted by Crippen LogP contribution is -2.55. The maximum absolute atomic E-state index is 3.45. The van der Waals surface area contributed by atoms with Crippen molar-refractivity contribution in [2.75, 3.05) is 0 Å². The average Bonchev–Trinajstić information content (AvgIpc) is 3.84. The number of hydrogen-bond acceptors (Lipinski definition) is 2. The van der Waals surface area contributed by atoms with Gasteiger partial charge in [0, 0.05) is 36.3 Å². The predicted molar refractivity (Wildman–Crippen MR) is 248 cm³/mol. The van der Waals surface area contributed by atoms with Crippen LogP contribution in [0.5, 0.6) is 0 Å². The van der Waals surface area contributed by atoms with E-state index in [9.17, 15) is 0 Å². The summed E-state index contributed by atoms with van der Waals surface area (Å²) >= 11 is 0. The number of fused-ring (bicyclic) bond motifs is 7. The molecule has 0 saturated heterocycles. The van der Waals surface area contributed by atoms with Crippen molar-refractivity contribution in [3.63, 3.8) is 0 Å². The number of hydrogen-bond donors (Lipinski definition) is 0. The second-order valence-electron chi connectivity index (χ2n) is 25.2. The molecule has 11 aliphatic carbocycles. The fourth-order valence-corrected chi connectivity index (χ4v) is 20.8. The highest BCUT2D eigenvalue weighted by atomic mass is 15.2. The maximum Gasteiger partial charge on any atom is 0.0104 e. The Morgan fingerprint density at radius 3 is 1.10 bits per heavy atom. The fourth-order valence-electron chi connectivity index (χ4n) is 20.8. The van der Waals surface area contributed by atoms with Crippen molar-refractivity contribution in [3.8, 4) is 0 Å². The topological polar surface area (TPSA) is 6.48 Å². The lowest BCUT2D eigenvalue weighted by Gasteiger charge is -2.54. The van der Waals surface area contributed by atoms with Crippen molar-refractivity contribution >= 4 is 0 Å². The quantitative estimate of drug-likeness (QED) is 0.241. The summed E-state index contributed by atoms with van der Waals surface area (Å²) in [6.45, 7) is 0. The Kier molecular flexibility index (Phi) is 13.3. The summed E-state index contributed by atoms with van der Waals surface area (Å²) in [6.07, 6.45) is 62.7. The first-order chi connectivity index (χ1) is 29.2. The summed E-state index contributed by atoms with van der Waals surface area (Å²) in [6, 6.07) is 5.53. The van der Waals surface area contributed by atoms with Crippen LogP contribution in [-0.4, -0.2) is 46.1 Å². The van der Waals surface area contributed by atoms with Crippen LogP contribution < -0.4 is 0 Å². The average molecular weight is 809 g/mol. The second-order valence-corrected chi connectivity index (χ2v) is 25.2. The number of nitrogens with zero attached hydrogens (tertiary/aromatic N) is 2. The van der Waals surface area contributed by atoms with E-state index < -0.39 is 0 Å². The van der Waals surface area contributed by atoms with Crippen molar-refractivity contribution in [2.24, 2.45) is 64.6 Å². The third-order valence-corrected chi connectivity index (χ3v) is 22.9. The van der Waals surface area contributed by atoms with E-state index in [1.807, 2.05) is 0 Å². The van der Waals surface area contributed by atoms with Gasteiger partial charge in [-0.25, -0.2) is 0 Å². The van der Waals surface area contributed by atoms with Crippen molar-refractivity contribution in [1.82, 2.24) is 9.80 Å². The van der Waals surface area contributed by atoms with Crippen LogP contribution in [0.2, 0.25) is 0 Å². The van der Waals surface area contributed by atoms with Crippen LogP contribution >= 0.6 is 0 Å². The SMILES string of the molecule is C1CCC(C2CCCC(N(C3CCCCC3)C3CCC4C5CCC(N(C6CCCCC6)C6CCCC(C7CCCCC7)C6)CC5C5(CCC6CCCCC65)C4C3)C2)CC1. The van der Waals surface area contributed by atoms with E-state index >= 15 is 0 Å². The summed E-state index contributed by atoms with van der Waals surface area (Å²) in [5.41, 5.74) is 0.711. The molecule has 0 heterocycles. The Morgan fingerprint density at radius 1 is 0.237 bits per heavy atom. The van der Waals surface area contributed by atoms with Gasteiger partial charge >= 0.3 is 0 Å². The van der Waals surface area contributed by atoms with E-state index in [0.717, 1.165) is 95.4 Å². The Balaban J connectivity index is 0.882. The molecule has 0 aromatic carbocycles. The molecule has 59 heavy (non-hydrogen) atoms. The van der Waals surface area contributed by atoms with Gasteiger partial charge in [-0.15, -0.1) is 0 Å². The highest BCUT2D eigenvalue weighted by Crippen LogP contribution is 2.73. The third-order valence-electron chi connectivity index (χ3n) is 22.9. The van der Waals surface area contributed by atoms with Gasteiger partial charge in [0.2, 0.25) is 0 Å². The third kappa shape index (κ3) is 8.17.